The Balaban J connectivity index is 2.03. The molecule has 0 radical (unpaired) electrons. The van der Waals surface area contributed by atoms with Crippen LogP contribution in [0.25, 0.3) is 0 Å². The number of nitrogens with one attached hydrogen (secondary N) is 2. The molecule has 0 aromatic heterocycles. The fourth-order valence-corrected chi connectivity index (χ4v) is 3.03. The monoisotopic (exact) mass is 399 g/mol. The number of hydrogen-bond acceptors (Lipinski definition) is 4. The standard InChI is InChI=1S/C16H15ClFN3O4S/c1-26(24,25)21(14-4-2-3-12(17)9-14)10-15(22)19-20-16(23)11-5-7-13(18)8-6-11/h2-9H,10H2,1H3,(H,19,22)(H,20,23). The summed E-state index contributed by atoms with van der Waals surface area (Å²) in [7, 11) is -3.77. The molecule has 0 saturated carbocycles. The van der Waals surface area contributed by atoms with Crippen molar-refractivity contribution < 1.29 is 22.4 Å². The summed E-state index contributed by atoms with van der Waals surface area (Å²) < 4.78 is 37.6. The van der Waals surface area contributed by atoms with Gasteiger partial charge in [-0.05, 0) is 42.5 Å². The molecule has 0 unspecified atom stereocenters. The molecule has 2 rings (SSSR count). The van der Waals surface area contributed by atoms with Gasteiger partial charge < -0.3 is 0 Å². The van der Waals surface area contributed by atoms with Crippen LogP contribution >= 0.6 is 11.6 Å². The summed E-state index contributed by atoms with van der Waals surface area (Å²) in [6, 6.07) is 10.7. The van der Waals surface area contributed by atoms with E-state index in [1.54, 1.807) is 12.1 Å². The number of sulfonamides is 1. The smallest absolute Gasteiger partial charge is 0.269 e. The Hall–Kier alpha value is -2.65. The first kappa shape index (κ1) is 19.7. The van der Waals surface area contributed by atoms with E-state index < -0.39 is 34.2 Å². The van der Waals surface area contributed by atoms with Crippen molar-refractivity contribution in [1.82, 2.24) is 10.9 Å². The molecule has 138 valence electrons. The van der Waals surface area contributed by atoms with E-state index in [1.165, 1.54) is 24.3 Å². The topological polar surface area (TPSA) is 95.6 Å². The van der Waals surface area contributed by atoms with Crippen molar-refractivity contribution in [3.8, 4) is 0 Å². The maximum absolute atomic E-state index is 12.8. The van der Waals surface area contributed by atoms with Gasteiger partial charge in [0.15, 0.2) is 0 Å². The van der Waals surface area contributed by atoms with Crippen LogP contribution in [-0.4, -0.2) is 33.0 Å². The molecule has 0 saturated heterocycles. The molecule has 2 amide bonds. The summed E-state index contributed by atoms with van der Waals surface area (Å²) in [6.07, 6.45) is 0.943. The summed E-state index contributed by atoms with van der Waals surface area (Å²) >= 11 is 5.85. The van der Waals surface area contributed by atoms with Crippen molar-refractivity contribution in [2.45, 2.75) is 0 Å². The van der Waals surface area contributed by atoms with Crippen LogP contribution < -0.4 is 15.2 Å². The van der Waals surface area contributed by atoms with Gasteiger partial charge in [-0.15, -0.1) is 0 Å². The van der Waals surface area contributed by atoms with E-state index in [0.717, 1.165) is 22.7 Å². The van der Waals surface area contributed by atoms with Crippen LogP contribution in [0.3, 0.4) is 0 Å². The Morgan fingerprint density at radius 3 is 2.35 bits per heavy atom. The van der Waals surface area contributed by atoms with Gasteiger partial charge in [-0.2, -0.15) is 0 Å². The summed E-state index contributed by atoms with van der Waals surface area (Å²) in [6.45, 7) is -0.567. The van der Waals surface area contributed by atoms with E-state index in [9.17, 15) is 22.4 Å². The first-order valence-electron chi connectivity index (χ1n) is 7.25. The van der Waals surface area contributed by atoms with Crippen LogP contribution in [0, 0.1) is 5.82 Å². The van der Waals surface area contributed by atoms with Gasteiger partial charge in [0.2, 0.25) is 10.0 Å². The van der Waals surface area contributed by atoms with E-state index in [-0.39, 0.29) is 11.3 Å². The van der Waals surface area contributed by atoms with Crippen LogP contribution in [0.4, 0.5) is 10.1 Å². The highest BCUT2D eigenvalue weighted by atomic mass is 35.5. The fourth-order valence-electron chi connectivity index (χ4n) is 2.00. The van der Waals surface area contributed by atoms with Gasteiger partial charge in [0.1, 0.15) is 12.4 Å². The first-order chi connectivity index (χ1) is 12.2. The lowest BCUT2D eigenvalue weighted by molar-refractivity contribution is -0.120. The van der Waals surface area contributed by atoms with E-state index in [2.05, 4.69) is 10.9 Å². The number of anilines is 1. The Morgan fingerprint density at radius 2 is 1.77 bits per heavy atom. The van der Waals surface area contributed by atoms with Crippen molar-refractivity contribution in [3.05, 3.63) is 64.9 Å². The predicted molar refractivity (Wildman–Crippen MR) is 95.7 cm³/mol. The highest BCUT2D eigenvalue weighted by molar-refractivity contribution is 7.92. The Labute approximate surface area is 154 Å². The molecule has 26 heavy (non-hydrogen) atoms. The largest absolute Gasteiger partial charge is 0.271 e. The molecule has 0 fully saturated rings. The number of benzene rings is 2. The zero-order valence-electron chi connectivity index (χ0n) is 13.6. The second kappa shape index (κ2) is 8.15. The summed E-state index contributed by atoms with van der Waals surface area (Å²) in [4.78, 5) is 23.9. The number of hydrazine groups is 1. The number of carbonyl (C=O) groups excluding carboxylic acids is 2. The highest BCUT2D eigenvalue weighted by Gasteiger charge is 2.21. The van der Waals surface area contributed by atoms with Gasteiger partial charge in [0.25, 0.3) is 11.8 Å². The molecular formula is C16H15ClFN3O4S. The van der Waals surface area contributed by atoms with Gasteiger partial charge in [0, 0.05) is 10.6 Å². The molecule has 0 spiro atoms. The first-order valence-corrected chi connectivity index (χ1v) is 9.47. The zero-order chi connectivity index (χ0) is 19.3. The Kier molecular flexibility index (Phi) is 6.17. The van der Waals surface area contributed by atoms with E-state index >= 15 is 0 Å². The highest BCUT2D eigenvalue weighted by Crippen LogP contribution is 2.21. The zero-order valence-corrected chi connectivity index (χ0v) is 15.1. The van der Waals surface area contributed by atoms with Crippen molar-refractivity contribution in [2.24, 2.45) is 0 Å². The molecule has 2 aromatic rings. The van der Waals surface area contributed by atoms with Crippen LogP contribution in [0.5, 0.6) is 0 Å². The molecule has 0 aliphatic heterocycles. The molecule has 0 aliphatic carbocycles. The Bertz CT molecular complexity index is 919. The predicted octanol–water partition coefficient (Wildman–Crippen LogP) is 1.71. The number of carbonyl (C=O) groups is 2. The van der Waals surface area contributed by atoms with Crippen LogP contribution in [-0.2, 0) is 14.8 Å². The van der Waals surface area contributed by atoms with Crippen LogP contribution in [0.15, 0.2) is 48.5 Å². The molecule has 0 atom stereocenters. The van der Waals surface area contributed by atoms with Crippen molar-refractivity contribution in [1.29, 1.82) is 0 Å². The number of hydrogen-bond donors (Lipinski definition) is 2. The number of amides is 2. The van der Waals surface area contributed by atoms with Crippen molar-refractivity contribution in [3.63, 3.8) is 0 Å². The van der Waals surface area contributed by atoms with Gasteiger partial charge in [-0.25, -0.2) is 12.8 Å². The second-order valence-corrected chi connectivity index (χ2v) is 7.60. The SMILES string of the molecule is CS(=O)(=O)N(CC(=O)NNC(=O)c1ccc(F)cc1)c1cccc(Cl)c1. The number of halogens is 2. The maximum Gasteiger partial charge on any atom is 0.269 e. The third-order valence-electron chi connectivity index (χ3n) is 3.21. The average Bonchev–Trinajstić information content (AvgIpc) is 2.57. The molecule has 0 bridgehead atoms. The molecule has 10 heteroatoms. The molecule has 2 N–H and O–H groups in total. The lowest BCUT2D eigenvalue weighted by Gasteiger charge is -2.22. The van der Waals surface area contributed by atoms with E-state index in [0.29, 0.717) is 5.02 Å². The molecule has 7 nitrogen and oxygen atoms in total. The Morgan fingerprint density at radius 1 is 1.12 bits per heavy atom. The van der Waals surface area contributed by atoms with Crippen molar-refractivity contribution in [2.75, 3.05) is 17.1 Å². The third-order valence-corrected chi connectivity index (χ3v) is 4.58. The molecule has 0 aliphatic rings. The summed E-state index contributed by atoms with van der Waals surface area (Å²) in [5.74, 6) is -1.95. The van der Waals surface area contributed by atoms with Gasteiger partial charge >= 0.3 is 0 Å². The van der Waals surface area contributed by atoms with Gasteiger partial charge in [-0.3, -0.25) is 24.7 Å². The lowest BCUT2D eigenvalue weighted by atomic mass is 10.2. The fraction of sp³-hybridized carbons (Fsp3) is 0.125. The molecule has 0 heterocycles. The maximum atomic E-state index is 12.8. The molecule has 2 aromatic carbocycles. The third kappa shape index (κ3) is 5.43. The molecular weight excluding hydrogens is 385 g/mol. The van der Waals surface area contributed by atoms with Crippen LogP contribution in [0.2, 0.25) is 5.02 Å². The number of rotatable bonds is 5. The van der Waals surface area contributed by atoms with E-state index in [4.69, 9.17) is 11.6 Å². The minimum absolute atomic E-state index is 0.126. The average molecular weight is 400 g/mol. The quantitative estimate of drug-likeness (QED) is 0.748. The summed E-state index contributed by atoms with van der Waals surface area (Å²) in [5.41, 5.74) is 4.58. The van der Waals surface area contributed by atoms with Crippen LogP contribution in [0.1, 0.15) is 10.4 Å². The minimum atomic E-state index is -3.77. The minimum Gasteiger partial charge on any atom is -0.271 e. The van der Waals surface area contributed by atoms with E-state index in [1.807, 2.05) is 0 Å². The van der Waals surface area contributed by atoms with Gasteiger partial charge in [0.05, 0.1) is 11.9 Å². The summed E-state index contributed by atoms with van der Waals surface area (Å²) in [5, 5.41) is 0.307. The van der Waals surface area contributed by atoms with Crippen molar-refractivity contribution >= 4 is 39.1 Å². The lowest BCUT2D eigenvalue weighted by Crippen LogP contribution is -2.47. The number of nitrogens with zero attached hydrogens (tertiary/aromatic N) is 1. The van der Waals surface area contributed by atoms with Gasteiger partial charge in [-0.1, -0.05) is 17.7 Å². The second-order valence-electron chi connectivity index (χ2n) is 5.26. The normalized spacial score (nSPS) is 10.9.